The van der Waals surface area contributed by atoms with Gasteiger partial charge in [0.05, 0.1) is 0 Å². The molecule has 106 valence electrons. The molecule has 2 nitrogen and oxygen atoms in total. The summed E-state index contributed by atoms with van der Waals surface area (Å²) in [5, 5.41) is 0. The zero-order valence-corrected chi connectivity index (χ0v) is 13.0. The van der Waals surface area contributed by atoms with Crippen LogP contribution in [0.4, 0.5) is 4.39 Å². The maximum absolute atomic E-state index is 13.0. The van der Waals surface area contributed by atoms with Gasteiger partial charge in [0.2, 0.25) is 0 Å². The van der Waals surface area contributed by atoms with Gasteiger partial charge in [-0.1, -0.05) is 40.2 Å². The van der Waals surface area contributed by atoms with Crippen LogP contribution in [0.1, 0.15) is 17.2 Å². The minimum Gasteiger partial charge on any atom is -0.329 e. The first-order chi connectivity index (χ1) is 9.60. The second-order valence-electron chi connectivity index (χ2n) is 4.84. The van der Waals surface area contributed by atoms with Crippen molar-refractivity contribution in [2.45, 2.75) is 12.6 Å². The van der Waals surface area contributed by atoms with Crippen molar-refractivity contribution in [3.8, 4) is 0 Å². The fraction of sp³-hybridized carbons (Fsp3) is 0.250. The average Bonchev–Trinajstić information content (AvgIpc) is 2.44. The van der Waals surface area contributed by atoms with Crippen molar-refractivity contribution < 1.29 is 4.39 Å². The molecule has 2 N–H and O–H groups in total. The van der Waals surface area contributed by atoms with Gasteiger partial charge in [0.25, 0.3) is 0 Å². The highest BCUT2D eigenvalue weighted by Crippen LogP contribution is 2.21. The molecule has 0 aromatic heterocycles. The lowest BCUT2D eigenvalue weighted by Gasteiger charge is -2.27. The van der Waals surface area contributed by atoms with Gasteiger partial charge in [-0.2, -0.15) is 0 Å². The van der Waals surface area contributed by atoms with Crippen molar-refractivity contribution in [1.82, 2.24) is 4.90 Å². The van der Waals surface area contributed by atoms with Crippen LogP contribution >= 0.6 is 15.9 Å². The molecule has 1 atom stereocenters. The Morgan fingerprint density at radius 3 is 2.25 bits per heavy atom. The minimum absolute atomic E-state index is 0.0826. The summed E-state index contributed by atoms with van der Waals surface area (Å²) in [6.07, 6.45) is 0. The van der Waals surface area contributed by atoms with E-state index in [4.69, 9.17) is 5.73 Å². The molecule has 20 heavy (non-hydrogen) atoms. The summed E-state index contributed by atoms with van der Waals surface area (Å²) >= 11 is 3.43. The molecule has 2 rings (SSSR count). The van der Waals surface area contributed by atoms with Crippen LogP contribution in [0.3, 0.4) is 0 Å². The molecular weight excluding hydrogens is 319 g/mol. The van der Waals surface area contributed by atoms with Crippen LogP contribution in [-0.2, 0) is 6.54 Å². The SMILES string of the molecule is CN(Cc1ccc(Br)cc1)C(CN)c1ccc(F)cc1. The molecular formula is C16H18BrFN2. The van der Waals surface area contributed by atoms with Crippen molar-refractivity contribution in [2.75, 3.05) is 13.6 Å². The van der Waals surface area contributed by atoms with E-state index in [1.165, 1.54) is 17.7 Å². The minimum atomic E-state index is -0.222. The van der Waals surface area contributed by atoms with E-state index in [0.29, 0.717) is 6.54 Å². The molecule has 0 spiro atoms. The van der Waals surface area contributed by atoms with Crippen LogP contribution in [-0.4, -0.2) is 18.5 Å². The van der Waals surface area contributed by atoms with Gasteiger partial charge in [0.1, 0.15) is 5.82 Å². The van der Waals surface area contributed by atoms with Gasteiger partial charge in [-0.3, -0.25) is 4.90 Å². The lowest BCUT2D eigenvalue weighted by Crippen LogP contribution is -2.30. The maximum Gasteiger partial charge on any atom is 0.123 e. The Morgan fingerprint density at radius 2 is 1.70 bits per heavy atom. The van der Waals surface area contributed by atoms with Gasteiger partial charge in [-0.15, -0.1) is 0 Å². The van der Waals surface area contributed by atoms with Crippen molar-refractivity contribution in [3.63, 3.8) is 0 Å². The topological polar surface area (TPSA) is 29.3 Å². The second kappa shape index (κ2) is 6.97. The molecule has 0 radical (unpaired) electrons. The smallest absolute Gasteiger partial charge is 0.123 e. The molecule has 0 aliphatic rings. The number of nitrogens with zero attached hydrogens (tertiary/aromatic N) is 1. The van der Waals surface area contributed by atoms with Crippen LogP contribution in [0.15, 0.2) is 53.0 Å². The Kier molecular flexibility index (Phi) is 5.29. The van der Waals surface area contributed by atoms with E-state index >= 15 is 0 Å². The Morgan fingerprint density at radius 1 is 1.10 bits per heavy atom. The highest BCUT2D eigenvalue weighted by Gasteiger charge is 2.15. The quantitative estimate of drug-likeness (QED) is 0.901. The highest BCUT2D eigenvalue weighted by atomic mass is 79.9. The van der Waals surface area contributed by atoms with Crippen LogP contribution < -0.4 is 5.73 Å². The number of benzene rings is 2. The molecule has 0 saturated carbocycles. The van der Waals surface area contributed by atoms with Crippen LogP contribution in [0.25, 0.3) is 0 Å². The molecule has 0 amide bonds. The third-order valence-electron chi connectivity index (χ3n) is 3.36. The number of halogens is 2. The fourth-order valence-electron chi connectivity index (χ4n) is 2.24. The molecule has 0 aliphatic carbocycles. The lowest BCUT2D eigenvalue weighted by molar-refractivity contribution is 0.241. The maximum atomic E-state index is 13.0. The summed E-state index contributed by atoms with van der Waals surface area (Å²) in [5.41, 5.74) is 8.13. The van der Waals surface area contributed by atoms with Crippen molar-refractivity contribution in [2.24, 2.45) is 5.73 Å². The Hall–Kier alpha value is -1.23. The van der Waals surface area contributed by atoms with Gasteiger partial charge < -0.3 is 5.73 Å². The van der Waals surface area contributed by atoms with Gasteiger partial charge >= 0.3 is 0 Å². The largest absolute Gasteiger partial charge is 0.329 e. The Labute approximate surface area is 127 Å². The third kappa shape index (κ3) is 3.88. The zero-order chi connectivity index (χ0) is 14.5. The van der Waals surface area contributed by atoms with Crippen LogP contribution in [0.2, 0.25) is 0 Å². The molecule has 4 heteroatoms. The lowest BCUT2D eigenvalue weighted by atomic mass is 10.0. The monoisotopic (exact) mass is 336 g/mol. The van der Waals surface area contributed by atoms with Crippen LogP contribution in [0, 0.1) is 5.82 Å². The van der Waals surface area contributed by atoms with Crippen LogP contribution in [0.5, 0.6) is 0 Å². The number of rotatable bonds is 5. The van der Waals surface area contributed by atoms with E-state index in [-0.39, 0.29) is 11.9 Å². The molecule has 0 saturated heterocycles. The number of likely N-dealkylation sites (N-methyl/N-ethyl adjacent to an activating group) is 1. The van der Waals surface area contributed by atoms with E-state index in [2.05, 4.69) is 33.0 Å². The summed E-state index contributed by atoms with van der Waals surface area (Å²) < 4.78 is 14.1. The Bertz CT molecular complexity index is 539. The number of hydrogen-bond donors (Lipinski definition) is 1. The summed E-state index contributed by atoms with van der Waals surface area (Å²) in [7, 11) is 2.03. The van der Waals surface area contributed by atoms with Crippen molar-refractivity contribution >= 4 is 15.9 Å². The first kappa shape index (κ1) is 15.2. The molecule has 0 aliphatic heterocycles. The number of hydrogen-bond acceptors (Lipinski definition) is 2. The van der Waals surface area contributed by atoms with E-state index in [0.717, 1.165) is 16.6 Å². The normalized spacial score (nSPS) is 12.7. The molecule has 2 aromatic carbocycles. The molecule has 0 fully saturated rings. The van der Waals surface area contributed by atoms with Crippen molar-refractivity contribution in [1.29, 1.82) is 0 Å². The van der Waals surface area contributed by atoms with Gasteiger partial charge in [0, 0.05) is 23.6 Å². The first-order valence-corrected chi connectivity index (χ1v) is 7.29. The molecule has 2 aromatic rings. The first-order valence-electron chi connectivity index (χ1n) is 6.50. The van der Waals surface area contributed by atoms with E-state index in [9.17, 15) is 4.39 Å². The van der Waals surface area contributed by atoms with Gasteiger partial charge in [0.15, 0.2) is 0 Å². The fourth-order valence-corrected chi connectivity index (χ4v) is 2.51. The molecule has 1 unspecified atom stereocenters. The highest BCUT2D eigenvalue weighted by molar-refractivity contribution is 9.10. The standard InChI is InChI=1S/C16H18BrFN2/c1-20(11-12-2-6-14(17)7-3-12)16(10-19)13-4-8-15(18)9-5-13/h2-9,16H,10-11,19H2,1H3. The number of nitrogens with two attached hydrogens (primary N) is 1. The van der Waals surface area contributed by atoms with Crippen molar-refractivity contribution in [3.05, 3.63) is 69.9 Å². The summed E-state index contributed by atoms with van der Waals surface area (Å²) in [6.45, 7) is 1.30. The predicted molar refractivity (Wildman–Crippen MR) is 83.8 cm³/mol. The van der Waals surface area contributed by atoms with Gasteiger partial charge in [-0.05, 0) is 42.4 Å². The summed E-state index contributed by atoms with van der Waals surface area (Å²) in [6, 6.07) is 14.8. The predicted octanol–water partition coefficient (Wildman–Crippen LogP) is 3.72. The van der Waals surface area contributed by atoms with E-state index in [1.54, 1.807) is 12.1 Å². The van der Waals surface area contributed by atoms with Gasteiger partial charge in [-0.25, -0.2) is 4.39 Å². The molecule has 0 bridgehead atoms. The summed E-state index contributed by atoms with van der Waals surface area (Å²) in [5.74, 6) is -0.222. The van der Waals surface area contributed by atoms with E-state index < -0.39 is 0 Å². The average molecular weight is 337 g/mol. The van der Waals surface area contributed by atoms with E-state index in [1.807, 2.05) is 19.2 Å². The third-order valence-corrected chi connectivity index (χ3v) is 3.88. The summed E-state index contributed by atoms with van der Waals surface area (Å²) in [4.78, 5) is 2.18. The second-order valence-corrected chi connectivity index (χ2v) is 5.76. The Balaban J connectivity index is 2.10. The molecule has 0 heterocycles. The zero-order valence-electron chi connectivity index (χ0n) is 11.4.